The first-order chi connectivity index (χ1) is 12.7. The normalized spacial score (nSPS) is 13.7. The molecular weight excluding hydrogens is 382 g/mol. The molecule has 2 heterocycles. The molecule has 0 saturated heterocycles. The first kappa shape index (κ1) is 17.8. The largest absolute Gasteiger partial charge is 0.301 e. The molecule has 0 amide bonds. The highest BCUT2D eigenvalue weighted by Gasteiger charge is 2.20. The molecule has 3 nitrogen and oxygen atoms in total. The van der Waals surface area contributed by atoms with Crippen LogP contribution >= 0.6 is 34.7 Å². The van der Waals surface area contributed by atoms with Crippen molar-refractivity contribution in [1.82, 2.24) is 9.55 Å². The second kappa shape index (κ2) is 7.59. The molecule has 0 fully saturated rings. The molecule has 0 aliphatic heterocycles. The lowest BCUT2D eigenvalue weighted by Crippen LogP contribution is -2.23. The molecule has 0 bridgehead atoms. The van der Waals surface area contributed by atoms with E-state index in [9.17, 15) is 0 Å². The molecule has 1 aliphatic carbocycles. The number of allylic oxidation sites excluding steroid dienone is 1. The average molecular weight is 402 g/mol. The summed E-state index contributed by atoms with van der Waals surface area (Å²) in [6.07, 6.45) is 6.51. The summed E-state index contributed by atoms with van der Waals surface area (Å²) >= 11 is 9.42. The van der Waals surface area contributed by atoms with Gasteiger partial charge in [0.15, 0.2) is 5.16 Å². The smallest absolute Gasteiger partial charge is 0.171 e. The maximum absolute atomic E-state index is 8.80. The number of aryl methyl sites for hydroxylation is 2. The van der Waals surface area contributed by atoms with Crippen molar-refractivity contribution in [3.63, 3.8) is 0 Å². The Kier molecular flexibility index (Phi) is 5.20. The van der Waals surface area contributed by atoms with Crippen LogP contribution in [0.25, 0.3) is 10.2 Å². The highest BCUT2D eigenvalue weighted by Crippen LogP contribution is 2.35. The molecule has 1 N–H and O–H groups in total. The number of thiophene rings is 1. The fraction of sp³-hybridized carbons (Fsp3) is 0.300. The van der Waals surface area contributed by atoms with Gasteiger partial charge in [-0.15, -0.1) is 17.9 Å². The molecule has 0 unspecified atom stereocenters. The third-order valence-corrected chi connectivity index (χ3v) is 7.17. The third kappa shape index (κ3) is 3.36. The predicted molar refractivity (Wildman–Crippen MR) is 111 cm³/mol. The van der Waals surface area contributed by atoms with E-state index in [0.29, 0.717) is 12.0 Å². The minimum atomic E-state index is 0.577. The van der Waals surface area contributed by atoms with Crippen molar-refractivity contribution in [3.05, 3.63) is 63.4 Å². The Morgan fingerprint density at radius 1 is 1.27 bits per heavy atom. The molecule has 0 radical (unpaired) electrons. The van der Waals surface area contributed by atoms with E-state index in [1.165, 1.54) is 28.8 Å². The van der Waals surface area contributed by atoms with Crippen molar-refractivity contribution < 1.29 is 0 Å². The minimum absolute atomic E-state index is 0.577. The molecule has 0 saturated carbocycles. The van der Waals surface area contributed by atoms with E-state index < -0.39 is 0 Å². The van der Waals surface area contributed by atoms with Gasteiger partial charge in [-0.05, 0) is 48.9 Å². The molecule has 0 atom stereocenters. The van der Waals surface area contributed by atoms with Gasteiger partial charge in [-0.1, -0.05) is 41.6 Å². The number of hydrogen-bond donors (Lipinski definition) is 1. The molecule has 1 aliphatic rings. The summed E-state index contributed by atoms with van der Waals surface area (Å²) in [7, 11) is 0. The van der Waals surface area contributed by atoms with E-state index in [1.807, 2.05) is 34.9 Å². The fourth-order valence-electron chi connectivity index (χ4n) is 3.39. The lowest BCUT2D eigenvalue weighted by atomic mass is 9.97. The Morgan fingerprint density at radius 2 is 2.04 bits per heavy atom. The predicted octanol–water partition coefficient (Wildman–Crippen LogP) is 5.59. The van der Waals surface area contributed by atoms with Crippen LogP contribution in [0.3, 0.4) is 0 Å². The van der Waals surface area contributed by atoms with Gasteiger partial charge in [0.05, 0.1) is 5.39 Å². The Bertz CT molecular complexity index is 1020. The van der Waals surface area contributed by atoms with Crippen molar-refractivity contribution in [1.29, 1.82) is 5.41 Å². The maximum atomic E-state index is 8.80. The van der Waals surface area contributed by atoms with Gasteiger partial charge < -0.3 is 4.57 Å². The molecule has 3 aromatic rings. The monoisotopic (exact) mass is 401 g/mol. The molecule has 134 valence electrons. The zero-order valence-corrected chi connectivity index (χ0v) is 16.8. The van der Waals surface area contributed by atoms with E-state index >= 15 is 0 Å². The lowest BCUT2D eigenvalue weighted by Gasteiger charge is -2.13. The number of nitrogens with zero attached hydrogens (tertiary/aromatic N) is 2. The summed E-state index contributed by atoms with van der Waals surface area (Å²) in [5, 5.41) is 11.5. The van der Waals surface area contributed by atoms with Crippen molar-refractivity contribution in [2.24, 2.45) is 0 Å². The van der Waals surface area contributed by atoms with E-state index in [0.717, 1.165) is 39.0 Å². The topological polar surface area (TPSA) is 41.7 Å². The Morgan fingerprint density at radius 3 is 2.81 bits per heavy atom. The van der Waals surface area contributed by atoms with Crippen LogP contribution < -0.4 is 5.49 Å². The number of halogens is 1. The van der Waals surface area contributed by atoms with Crippen molar-refractivity contribution in [3.8, 4) is 0 Å². The van der Waals surface area contributed by atoms with Gasteiger partial charge in [-0.2, -0.15) is 0 Å². The van der Waals surface area contributed by atoms with E-state index in [2.05, 4.69) is 6.58 Å². The maximum Gasteiger partial charge on any atom is 0.171 e. The molecule has 0 spiro atoms. The van der Waals surface area contributed by atoms with Crippen LogP contribution in [-0.4, -0.2) is 9.55 Å². The number of benzene rings is 1. The van der Waals surface area contributed by atoms with Gasteiger partial charge >= 0.3 is 0 Å². The zero-order chi connectivity index (χ0) is 18.1. The van der Waals surface area contributed by atoms with E-state index in [4.69, 9.17) is 22.0 Å². The highest BCUT2D eigenvalue weighted by molar-refractivity contribution is 7.98. The van der Waals surface area contributed by atoms with E-state index in [-0.39, 0.29) is 0 Å². The summed E-state index contributed by atoms with van der Waals surface area (Å²) in [5.41, 5.74) is 3.14. The highest BCUT2D eigenvalue weighted by atomic mass is 35.5. The molecule has 6 heteroatoms. The van der Waals surface area contributed by atoms with Gasteiger partial charge in [0.2, 0.25) is 0 Å². The van der Waals surface area contributed by atoms with Crippen molar-refractivity contribution in [2.75, 3.05) is 0 Å². The lowest BCUT2D eigenvalue weighted by molar-refractivity contribution is 0.649. The molecule has 1 aromatic carbocycles. The van der Waals surface area contributed by atoms with Gasteiger partial charge in [-0.3, -0.25) is 5.41 Å². The molecular formula is C20H20ClN3S2. The number of aromatic nitrogens is 2. The summed E-state index contributed by atoms with van der Waals surface area (Å²) in [6.45, 7) is 4.47. The summed E-state index contributed by atoms with van der Waals surface area (Å²) in [6, 6.07) is 7.90. The number of thioether (sulfide) groups is 1. The number of fused-ring (bicyclic) bond motifs is 3. The number of rotatable bonds is 5. The van der Waals surface area contributed by atoms with Gasteiger partial charge in [-0.25, -0.2) is 4.98 Å². The number of nitrogens with one attached hydrogen (secondary N) is 1. The average Bonchev–Trinajstić information content (AvgIpc) is 3.02. The van der Waals surface area contributed by atoms with Gasteiger partial charge in [0.1, 0.15) is 10.3 Å². The standard InChI is InChI=1S/C20H20ClN3S2/c1-2-11-24-18(22)17-15-5-3-4-6-16(15)26-19(17)23-20(24)25-12-13-7-9-14(21)10-8-13/h2,7-10,22H,1,3-6,11-12H2. The number of hydrogen-bond acceptors (Lipinski definition) is 4. The summed E-state index contributed by atoms with van der Waals surface area (Å²) in [4.78, 5) is 7.39. The van der Waals surface area contributed by atoms with Crippen LogP contribution in [0, 0.1) is 5.41 Å². The van der Waals surface area contributed by atoms with E-state index in [1.54, 1.807) is 23.1 Å². The summed E-state index contributed by atoms with van der Waals surface area (Å²) < 4.78 is 1.98. The second-order valence-electron chi connectivity index (χ2n) is 6.45. The zero-order valence-electron chi connectivity index (χ0n) is 14.4. The minimum Gasteiger partial charge on any atom is -0.301 e. The molecule has 26 heavy (non-hydrogen) atoms. The fourth-order valence-corrected chi connectivity index (χ4v) is 5.80. The molecule has 2 aromatic heterocycles. The third-order valence-electron chi connectivity index (χ3n) is 4.68. The molecule has 4 rings (SSSR count). The van der Waals surface area contributed by atoms with Crippen molar-refractivity contribution >= 4 is 44.9 Å². The SMILES string of the molecule is C=CCn1c(SCc2ccc(Cl)cc2)nc2sc3c(c2c1=N)CCCC3. The van der Waals surface area contributed by atoms with Crippen LogP contribution in [0.1, 0.15) is 28.8 Å². The van der Waals surface area contributed by atoms with Crippen LogP contribution in [-0.2, 0) is 25.1 Å². The van der Waals surface area contributed by atoms with Crippen LogP contribution in [0.5, 0.6) is 0 Å². The Balaban J connectivity index is 1.75. The van der Waals surface area contributed by atoms with Gasteiger partial charge in [0, 0.05) is 22.2 Å². The quantitative estimate of drug-likeness (QED) is 0.344. The summed E-state index contributed by atoms with van der Waals surface area (Å²) in [5.74, 6) is 0.803. The Labute approximate surface area is 166 Å². The van der Waals surface area contributed by atoms with Crippen LogP contribution in [0.4, 0.5) is 0 Å². The van der Waals surface area contributed by atoms with Crippen LogP contribution in [0.2, 0.25) is 5.02 Å². The van der Waals surface area contributed by atoms with Crippen LogP contribution in [0.15, 0.2) is 42.1 Å². The van der Waals surface area contributed by atoms with Gasteiger partial charge in [0.25, 0.3) is 0 Å². The first-order valence-electron chi connectivity index (χ1n) is 8.75. The second-order valence-corrected chi connectivity index (χ2v) is 8.91. The Hall–Kier alpha value is -1.56. The first-order valence-corrected chi connectivity index (χ1v) is 10.9. The van der Waals surface area contributed by atoms with Crippen molar-refractivity contribution in [2.45, 2.75) is 43.1 Å².